The first-order valence-electron chi connectivity index (χ1n) is 22.4. The molecule has 0 aliphatic heterocycles. The molecule has 0 spiro atoms. The smallest absolute Gasteiger partial charge is 0.215 e. The molecule has 14 aromatic rings. The summed E-state index contributed by atoms with van der Waals surface area (Å²) < 4.78 is 9.70. The topological polar surface area (TPSA) is 29.5 Å². The number of para-hydroxylation sites is 3. The first-order chi connectivity index (χ1) is 31.3. The largest absolute Gasteiger partial charge is 0.307 e. The highest BCUT2D eigenvalue weighted by atomic mass is 15.0. The summed E-state index contributed by atoms with van der Waals surface area (Å²) in [7, 11) is 4.38. The summed E-state index contributed by atoms with van der Waals surface area (Å²) in [5.41, 5.74) is 18.5. The van der Waals surface area contributed by atoms with Crippen molar-refractivity contribution in [3.05, 3.63) is 186 Å². The zero-order valence-electron chi connectivity index (χ0n) is 36.5. The number of fused-ring (bicyclic) bond motifs is 14. The van der Waals surface area contributed by atoms with E-state index in [-0.39, 0.29) is 0 Å². The first-order valence-corrected chi connectivity index (χ1v) is 22.4. The van der Waals surface area contributed by atoms with E-state index in [1.807, 2.05) is 0 Å². The van der Waals surface area contributed by atoms with Crippen LogP contribution in [0.5, 0.6) is 0 Å². The molecule has 0 saturated carbocycles. The standard InChI is InChI=1S/C59H43N5/c1-33-21-25-44-43-18-12-17-42-41-15-8-10-19-48(41)63(56(42)43)57(44)52(33)51-30-38-24-23-36(27-40(38)32-62(51)5)28-47-55-46-26-22-34(2)53(50-29-37-13-6-7-14-39(37)31-61(50)4)58(46)64-49-20-11-9-16-45(49)54(59(55)64)35(3)60-47/h6-27,29-32H,28H2,1-5H3/q+2. The van der Waals surface area contributed by atoms with Crippen molar-refractivity contribution in [2.45, 2.75) is 27.2 Å². The molecule has 64 heavy (non-hydrogen) atoms. The lowest BCUT2D eigenvalue weighted by molar-refractivity contribution is -0.659. The van der Waals surface area contributed by atoms with Gasteiger partial charge < -0.3 is 8.80 Å². The van der Waals surface area contributed by atoms with Gasteiger partial charge >= 0.3 is 0 Å². The molecule has 14 rings (SSSR count). The number of rotatable bonds is 4. The van der Waals surface area contributed by atoms with E-state index in [0.29, 0.717) is 0 Å². The number of hydrogen-bond acceptors (Lipinski definition) is 1. The van der Waals surface area contributed by atoms with Crippen molar-refractivity contribution in [2.75, 3.05) is 0 Å². The Morgan fingerprint density at radius 1 is 0.438 bits per heavy atom. The van der Waals surface area contributed by atoms with Crippen molar-refractivity contribution in [1.29, 1.82) is 0 Å². The van der Waals surface area contributed by atoms with Crippen LogP contribution in [0, 0.1) is 20.8 Å². The van der Waals surface area contributed by atoms with E-state index in [1.165, 1.54) is 137 Å². The molecule has 5 nitrogen and oxygen atoms in total. The maximum atomic E-state index is 5.52. The molecule has 0 aliphatic carbocycles. The number of nitrogens with zero attached hydrogens (tertiary/aromatic N) is 5. The van der Waals surface area contributed by atoms with Gasteiger partial charge in [0.25, 0.3) is 0 Å². The van der Waals surface area contributed by atoms with Crippen LogP contribution in [0.15, 0.2) is 158 Å². The van der Waals surface area contributed by atoms with Gasteiger partial charge in [-0.15, -0.1) is 0 Å². The van der Waals surface area contributed by atoms with Gasteiger partial charge in [-0.25, -0.2) is 9.13 Å². The average Bonchev–Trinajstić information content (AvgIpc) is 4.03. The summed E-state index contributed by atoms with van der Waals surface area (Å²) in [5, 5.41) is 15.1. The third kappa shape index (κ3) is 4.60. The average molecular weight is 822 g/mol. The maximum absolute atomic E-state index is 5.52. The predicted octanol–water partition coefficient (Wildman–Crippen LogP) is 13.2. The van der Waals surface area contributed by atoms with Gasteiger partial charge in [0.2, 0.25) is 11.4 Å². The molecule has 0 unspecified atom stereocenters. The van der Waals surface area contributed by atoms with E-state index >= 15 is 0 Å². The lowest BCUT2D eigenvalue weighted by Crippen LogP contribution is -2.30. The van der Waals surface area contributed by atoms with Crippen LogP contribution in [0.4, 0.5) is 0 Å². The summed E-state index contributed by atoms with van der Waals surface area (Å²) in [6.45, 7) is 6.71. The predicted molar refractivity (Wildman–Crippen MR) is 265 cm³/mol. The minimum Gasteiger partial charge on any atom is -0.307 e. The lowest BCUT2D eigenvalue weighted by Gasteiger charge is -2.11. The Hall–Kier alpha value is -7.89. The van der Waals surface area contributed by atoms with Crippen molar-refractivity contribution in [2.24, 2.45) is 14.1 Å². The third-order valence-corrected chi connectivity index (χ3v) is 14.6. The molecular weight excluding hydrogens is 779 g/mol. The minimum absolute atomic E-state index is 0.724. The summed E-state index contributed by atoms with van der Waals surface area (Å²) in [6, 6.07) is 54.2. The SMILES string of the molecule is Cc1ccc2c3cccc4c5ccccc5n(c2c1-c1cc2ccc(Cc5nc(C)c6c7ccccc7n7c8c(-c9cc%10ccccc%10c[n+]9C)c(C)ccc8c5c67)cc2c[n+]1C)c43. The molecule has 0 saturated heterocycles. The number of pyridine rings is 3. The van der Waals surface area contributed by atoms with Crippen LogP contribution in [-0.4, -0.2) is 13.8 Å². The van der Waals surface area contributed by atoms with E-state index in [0.717, 1.165) is 17.8 Å². The zero-order valence-corrected chi connectivity index (χ0v) is 36.5. The van der Waals surface area contributed by atoms with Crippen LogP contribution in [0.2, 0.25) is 0 Å². The van der Waals surface area contributed by atoms with E-state index < -0.39 is 0 Å². The zero-order chi connectivity index (χ0) is 42.7. The Balaban J connectivity index is 0.960. The summed E-state index contributed by atoms with van der Waals surface area (Å²) in [5.74, 6) is 0. The van der Waals surface area contributed by atoms with Gasteiger partial charge in [0.05, 0.1) is 49.9 Å². The van der Waals surface area contributed by atoms with Crippen molar-refractivity contribution >= 4 is 97.7 Å². The van der Waals surface area contributed by atoms with Crippen LogP contribution in [0.25, 0.3) is 120 Å². The fourth-order valence-corrected chi connectivity index (χ4v) is 11.8. The van der Waals surface area contributed by atoms with Crippen molar-refractivity contribution in [3.63, 3.8) is 0 Å². The Kier molecular flexibility index (Phi) is 7.03. The number of benzene rings is 7. The summed E-state index contributed by atoms with van der Waals surface area (Å²) in [6.07, 6.45) is 5.31. The normalized spacial score (nSPS) is 12.5. The minimum atomic E-state index is 0.724. The lowest BCUT2D eigenvalue weighted by atomic mass is 9.96. The second-order valence-electron chi connectivity index (χ2n) is 18.3. The van der Waals surface area contributed by atoms with Crippen LogP contribution in [-0.2, 0) is 20.5 Å². The molecule has 0 fully saturated rings. The van der Waals surface area contributed by atoms with Gasteiger partial charge in [-0.05, 0) is 72.5 Å². The molecule has 0 atom stereocenters. The van der Waals surface area contributed by atoms with Gasteiger partial charge in [-0.3, -0.25) is 4.98 Å². The molecule has 302 valence electrons. The number of aryl methyl sites for hydroxylation is 5. The molecular formula is C59H43N5+2. The van der Waals surface area contributed by atoms with Crippen LogP contribution < -0.4 is 9.13 Å². The number of aromatic nitrogens is 5. The highest BCUT2D eigenvalue weighted by Crippen LogP contribution is 2.46. The fourth-order valence-electron chi connectivity index (χ4n) is 11.8. The Morgan fingerprint density at radius 2 is 0.984 bits per heavy atom. The second-order valence-corrected chi connectivity index (χ2v) is 18.3. The maximum Gasteiger partial charge on any atom is 0.215 e. The molecule has 0 aliphatic rings. The molecule has 0 radical (unpaired) electrons. The van der Waals surface area contributed by atoms with E-state index in [2.05, 4.69) is 211 Å². The molecule has 0 amide bonds. The highest BCUT2D eigenvalue weighted by molar-refractivity contribution is 6.27. The van der Waals surface area contributed by atoms with Gasteiger partial charge in [-0.1, -0.05) is 109 Å². The van der Waals surface area contributed by atoms with Gasteiger partial charge in [0.15, 0.2) is 12.4 Å². The highest BCUT2D eigenvalue weighted by Gasteiger charge is 2.29. The van der Waals surface area contributed by atoms with E-state index in [9.17, 15) is 0 Å². The molecule has 0 N–H and O–H groups in total. The quantitative estimate of drug-likeness (QED) is 0.163. The van der Waals surface area contributed by atoms with Crippen molar-refractivity contribution in [1.82, 2.24) is 13.8 Å². The van der Waals surface area contributed by atoms with Gasteiger partial charge in [0, 0.05) is 78.1 Å². The third-order valence-electron chi connectivity index (χ3n) is 14.6. The monoisotopic (exact) mass is 821 g/mol. The van der Waals surface area contributed by atoms with Crippen LogP contribution in [0.1, 0.15) is 28.1 Å². The Labute approximate surface area is 369 Å². The van der Waals surface area contributed by atoms with Gasteiger partial charge in [0.1, 0.15) is 14.1 Å². The van der Waals surface area contributed by atoms with E-state index in [4.69, 9.17) is 4.98 Å². The Morgan fingerprint density at radius 3 is 1.73 bits per heavy atom. The van der Waals surface area contributed by atoms with Crippen LogP contribution in [0.3, 0.4) is 0 Å². The van der Waals surface area contributed by atoms with Crippen molar-refractivity contribution in [3.8, 4) is 22.5 Å². The second kappa shape index (κ2) is 12.6. The molecule has 7 aromatic carbocycles. The fraction of sp³-hybridized carbons (Fsp3) is 0.102. The first kappa shape index (κ1) is 35.7. The molecule has 5 heteroatoms. The molecule has 7 aromatic heterocycles. The Bertz CT molecular complexity index is 4340. The van der Waals surface area contributed by atoms with Gasteiger partial charge in [-0.2, -0.15) is 0 Å². The number of hydrogen-bond donors (Lipinski definition) is 0. The summed E-state index contributed by atoms with van der Waals surface area (Å²) in [4.78, 5) is 5.52. The van der Waals surface area contributed by atoms with E-state index in [1.54, 1.807) is 0 Å². The summed E-state index contributed by atoms with van der Waals surface area (Å²) >= 11 is 0. The van der Waals surface area contributed by atoms with Crippen molar-refractivity contribution < 1.29 is 9.13 Å². The molecule has 7 heterocycles. The molecule has 0 bridgehead atoms. The van der Waals surface area contributed by atoms with Crippen LogP contribution >= 0.6 is 0 Å².